The van der Waals surface area contributed by atoms with Gasteiger partial charge in [0.1, 0.15) is 11.6 Å². The molecule has 4 heteroatoms. The van der Waals surface area contributed by atoms with Gasteiger partial charge in [-0.05, 0) is 23.8 Å². The minimum Gasteiger partial charge on any atom is -0.370 e. The van der Waals surface area contributed by atoms with E-state index >= 15 is 0 Å². The predicted octanol–water partition coefficient (Wildman–Crippen LogP) is 4.07. The van der Waals surface area contributed by atoms with Crippen molar-refractivity contribution >= 4 is 17.2 Å². The topological polar surface area (TPSA) is 37.8 Å². The fourth-order valence-corrected chi connectivity index (χ4v) is 2.51. The van der Waals surface area contributed by atoms with Crippen LogP contribution in [0.25, 0.3) is 0 Å². The highest BCUT2D eigenvalue weighted by molar-refractivity contribution is 7.09. The quantitative estimate of drug-likeness (QED) is 0.863. The Bertz CT molecular complexity index is 506. The summed E-state index contributed by atoms with van der Waals surface area (Å²) in [5, 5.41) is 5.46. The SMILES string of the molecule is CCCNc1cc(C(C)C)nc(Cc2cccs2)n1. The van der Waals surface area contributed by atoms with Crippen LogP contribution in [-0.2, 0) is 6.42 Å². The fraction of sp³-hybridized carbons (Fsp3) is 0.467. The minimum atomic E-state index is 0.423. The third-order valence-electron chi connectivity index (χ3n) is 2.85. The zero-order valence-electron chi connectivity index (χ0n) is 11.8. The van der Waals surface area contributed by atoms with Crippen molar-refractivity contribution in [3.05, 3.63) is 40.0 Å². The third-order valence-corrected chi connectivity index (χ3v) is 3.73. The first-order chi connectivity index (χ1) is 9.19. The van der Waals surface area contributed by atoms with Gasteiger partial charge in [0, 0.05) is 29.6 Å². The lowest BCUT2D eigenvalue weighted by atomic mass is 10.1. The molecule has 0 amide bonds. The summed E-state index contributed by atoms with van der Waals surface area (Å²) in [7, 11) is 0. The molecule has 0 radical (unpaired) electrons. The highest BCUT2D eigenvalue weighted by Gasteiger charge is 2.08. The van der Waals surface area contributed by atoms with E-state index in [2.05, 4.69) is 59.6 Å². The van der Waals surface area contributed by atoms with E-state index < -0.39 is 0 Å². The second-order valence-corrected chi connectivity index (χ2v) is 5.96. The lowest BCUT2D eigenvalue weighted by Crippen LogP contribution is -2.08. The Morgan fingerprint density at radius 2 is 2.16 bits per heavy atom. The first-order valence-corrected chi connectivity index (χ1v) is 7.71. The Balaban J connectivity index is 2.23. The van der Waals surface area contributed by atoms with E-state index in [4.69, 9.17) is 0 Å². The molecule has 0 bridgehead atoms. The first-order valence-electron chi connectivity index (χ1n) is 6.83. The molecule has 0 saturated heterocycles. The van der Waals surface area contributed by atoms with Gasteiger partial charge in [0.15, 0.2) is 0 Å². The predicted molar refractivity (Wildman–Crippen MR) is 82.0 cm³/mol. The number of anilines is 1. The summed E-state index contributed by atoms with van der Waals surface area (Å²) in [5.74, 6) is 2.28. The summed E-state index contributed by atoms with van der Waals surface area (Å²) < 4.78 is 0. The molecule has 0 aliphatic heterocycles. The molecule has 0 aliphatic rings. The minimum absolute atomic E-state index is 0.423. The summed E-state index contributed by atoms with van der Waals surface area (Å²) in [6.07, 6.45) is 1.92. The summed E-state index contributed by atoms with van der Waals surface area (Å²) in [6, 6.07) is 6.27. The van der Waals surface area contributed by atoms with E-state index in [9.17, 15) is 0 Å². The van der Waals surface area contributed by atoms with Gasteiger partial charge in [0.25, 0.3) is 0 Å². The molecule has 0 spiro atoms. The standard InChI is InChI=1S/C15H21N3S/c1-4-7-16-14-10-13(11(2)3)17-15(18-14)9-12-6-5-8-19-12/h5-6,8,10-11H,4,7,9H2,1-3H3,(H,16,17,18). The molecule has 0 atom stereocenters. The van der Waals surface area contributed by atoms with Crippen LogP contribution in [0, 0.1) is 0 Å². The normalized spacial score (nSPS) is 10.9. The van der Waals surface area contributed by atoms with Gasteiger partial charge in [-0.25, -0.2) is 9.97 Å². The van der Waals surface area contributed by atoms with Gasteiger partial charge in [-0.15, -0.1) is 11.3 Å². The number of nitrogens with one attached hydrogen (secondary N) is 1. The van der Waals surface area contributed by atoms with Crippen molar-refractivity contribution in [1.29, 1.82) is 0 Å². The summed E-state index contributed by atoms with van der Waals surface area (Å²) in [5.41, 5.74) is 1.11. The van der Waals surface area contributed by atoms with Gasteiger partial charge >= 0.3 is 0 Å². The molecule has 3 nitrogen and oxygen atoms in total. The van der Waals surface area contributed by atoms with E-state index in [1.165, 1.54) is 4.88 Å². The monoisotopic (exact) mass is 275 g/mol. The Morgan fingerprint density at radius 1 is 1.32 bits per heavy atom. The highest BCUT2D eigenvalue weighted by Crippen LogP contribution is 2.18. The van der Waals surface area contributed by atoms with Crippen LogP contribution < -0.4 is 5.32 Å². The van der Waals surface area contributed by atoms with Crippen molar-refractivity contribution in [2.75, 3.05) is 11.9 Å². The average molecular weight is 275 g/mol. The van der Waals surface area contributed by atoms with Crippen LogP contribution in [0.15, 0.2) is 23.6 Å². The van der Waals surface area contributed by atoms with Crippen LogP contribution in [-0.4, -0.2) is 16.5 Å². The fourth-order valence-electron chi connectivity index (χ4n) is 1.81. The second-order valence-electron chi connectivity index (χ2n) is 4.93. The summed E-state index contributed by atoms with van der Waals surface area (Å²) in [6.45, 7) is 7.44. The van der Waals surface area contributed by atoms with Crippen molar-refractivity contribution in [2.45, 2.75) is 39.5 Å². The summed E-state index contributed by atoms with van der Waals surface area (Å²) >= 11 is 1.76. The molecular weight excluding hydrogens is 254 g/mol. The smallest absolute Gasteiger partial charge is 0.136 e. The number of nitrogens with zero attached hydrogens (tertiary/aromatic N) is 2. The third kappa shape index (κ3) is 4.03. The average Bonchev–Trinajstić information content (AvgIpc) is 2.89. The van der Waals surface area contributed by atoms with Crippen LogP contribution in [0.2, 0.25) is 0 Å². The van der Waals surface area contributed by atoms with E-state index in [0.717, 1.165) is 36.7 Å². The van der Waals surface area contributed by atoms with Crippen molar-refractivity contribution < 1.29 is 0 Å². The molecule has 0 saturated carbocycles. The molecule has 0 aliphatic carbocycles. The van der Waals surface area contributed by atoms with Crippen molar-refractivity contribution in [3.8, 4) is 0 Å². The van der Waals surface area contributed by atoms with Gasteiger partial charge in [-0.3, -0.25) is 0 Å². The lowest BCUT2D eigenvalue weighted by molar-refractivity contribution is 0.792. The molecule has 2 heterocycles. The van der Waals surface area contributed by atoms with Crippen molar-refractivity contribution in [1.82, 2.24) is 9.97 Å². The van der Waals surface area contributed by atoms with Gasteiger partial charge in [-0.1, -0.05) is 26.8 Å². The Labute approximate surface area is 119 Å². The molecule has 0 aromatic carbocycles. The van der Waals surface area contributed by atoms with Crippen LogP contribution in [0.4, 0.5) is 5.82 Å². The second kappa shape index (κ2) is 6.66. The zero-order valence-corrected chi connectivity index (χ0v) is 12.6. The lowest BCUT2D eigenvalue weighted by Gasteiger charge is -2.11. The maximum absolute atomic E-state index is 4.67. The van der Waals surface area contributed by atoms with Crippen molar-refractivity contribution in [2.24, 2.45) is 0 Å². The maximum atomic E-state index is 4.67. The van der Waals surface area contributed by atoms with E-state index in [-0.39, 0.29) is 0 Å². The largest absolute Gasteiger partial charge is 0.370 e. The highest BCUT2D eigenvalue weighted by atomic mass is 32.1. The Hall–Kier alpha value is -1.42. The number of rotatable bonds is 6. The van der Waals surface area contributed by atoms with Crippen LogP contribution in [0.1, 0.15) is 49.5 Å². The molecule has 1 N–H and O–H groups in total. The molecule has 0 fully saturated rings. The number of thiophene rings is 1. The molecule has 19 heavy (non-hydrogen) atoms. The molecule has 2 rings (SSSR count). The Kier molecular flexibility index (Phi) is 4.91. The molecule has 102 valence electrons. The Morgan fingerprint density at radius 3 is 2.79 bits per heavy atom. The molecule has 2 aromatic rings. The van der Waals surface area contributed by atoms with Gasteiger partial charge in [0.05, 0.1) is 0 Å². The van der Waals surface area contributed by atoms with Crippen molar-refractivity contribution in [3.63, 3.8) is 0 Å². The van der Waals surface area contributed by atoms with E-state index in [0.29, 0.717) is 5.92 Å². The number of hydrogen-bond acceptors (Lipinski definition) is 4. The number of aromatic nitrogens is 2. The maximum Gasteiger partial charge on any atom is 0.136 e. The van der Waals surface area contributed by atoms with Crippen LogP contribution >= 0.6 is 11.3 Å². The zero-order chi connectivity index (χ0) is 13.7. The van der Waals surface area contributed by atoms with Gasteiger partial charge < -0.3 is 5.32 Å². The molecule has 2 aromatic heterocycles. The first kappa shape index (κ1) is 14.0. The number of hydrogen-bond donors (Lipinski definition) is 1. The van der Waals surface area contributed by atoms with E-state index in [1.807, 2.05) is 0 Å². The van der Waals surface area contributed by atoms with Crippen LogP contribution in [0.5, 0.6) is 0 Å². The van der Waals surface area contributed by atoms with Gasteiger partial charge in [0.2, 0.25) is 0 Å². The molecule has 0 unspecified atom stereocenters. The summed E-state index contributed by atoms with van der Waals surface area (Å²) in [4.78, 5) is 10.6. The molecular formula is C15H21N3S. The van der Waals surface area contributed by atoms with E-state index in [1.54, 1.807) is 11.3 Å². The van der Waals surface area contributed by atoms with Crippen LogP contribution in [0.3, 0.4) is 0 Å². The van der Waals surface area contributed by atoms with Gasteiger partial charge in [-0.2, -0.15) is 0 Å².